The monoisotopic (exact) mass is 512 g/mol. The Kier molecular flexibility index (Phi) is 6.44. The fourth-order valence-electron chi connectivity index (χ4n) is 7.57. The van der Waals surface area contributed by atoms with E-state index in [1.165, 1.54) is 112 Å². The van der Waals surface area contributed by atoms with Gasteiger partial charge in [-0.25, -0.2) is 0 Å². The van der Waals surface area contributed by atoms with E-state index in [9.17, 15) is 0 Å². The van der Waals surface area contributed by atoms with Crippen molar-refractivity contribution in [2.75, 3.05) is 13.2 Å². The molecule has 1 heterocycles. The van der Waals surface area contributed by atoms with E-state index in [1.807, 2.05) is 0 Å². The summed E-state index contributed by atoms with van der Waals surface area (Å²) in [7, 11) is 0. The van der Waals surface area contributed by atoms with Crippen molar-refractivity contribution in [2.24, 2.45) is 0 Å². The van der Waals surface area contributed by atoms with Crippen LogP contribution < -0.4 is 0 Å². The highest BCUT2D eigenvalue weighted by Crippen LogP contribution is 2.53. The molecule has 1 aliphatic heterocycles. The van der Waals surface area contributed by atoms with Crippen LogP contribution in [0.5, 0.6) is 0 Å². The SMILES string of the molecule is Cc1ccc2c(c1)CCCCCCCc1cc(Cc3ccc4c(c3)C3(CCOC3)c3cc(C)ccc3-4)ccc1-2. The van der Waals surface area contributed by atoms with Gasteiger partial charge in [0, 0.05) is 12.0 Å². The molecule has 1 heteroatoms. The largest absolute Gasteiger partial charge is 0.380 e. The van der Waals surface area contributed by atoms with Crippen LogP contribution in [0.2, 0.25) is 0 Å². The van der Waals surface area contributed by atoms with Gasteiger partial charge in [-0.3, -0.25) is 0 Å². The maximum Gasteiger partial charge on any atom is 0.0605 e. The Balaban J connectivity index is 1.25. The zero-order valence-electron chi connectivity index (χ0n) is 23.6. The van der Waals surface area contributed by atoms with E-state index in [-0.39, 0.29) is 5.41 Å². The summed E-state index contributed by atoms with van der Waals surface area (Å²) in [6, 6.07) is 28.7. The van der Waals surface area contributed by atoms with E-state index in [4.69, 9.17) is 4.74 Å². The maximum atomic E-state index is 6.04. The summed E-state index contributed by atoms with van der Waals surface area (Å²) in [6.07, 6.45) is 11.1. The number of hydrogen-bond donors (Lipinski definition) is 0. The summed E-state index contributed by atoms with van der Waals surface area (Å²) in [4.78, 5) is 0. The van der Waals surface area contributed by atoms with Crippen molar-refractivity contribution in [2.45, 2.75) is 77.0 Å². The molecule has 7 rings (SSSR count). The highest BCUT2D eigenvalue weighted by Gasteiger charge is 2.46. The Labute approximate surface area is 234 Å². The zero-order chi connectivity index (χ0) is 26.4. The van der Waals surface area contributed by atoms with Crippen molar-refractivity contribution in [3.63, 3.8) is 0 Å². The second-order valence-corrected chi connectivity index (χ2v) is 12.4. The molecule has 3 aliphatic rings. The third-order valence-corrected chi connectivity index (χ3v) is 9.62. The predicted octanol–water partition coefficient (Wildman–Crippen LogP) is 9.30. The molecule has 0 bridgehead atoms. The molecule has 1 nitrogen and oxygen atoms in total. The van der Waals surface area contributed by atoms with Gasteiger partial charge in [-0.05, 0) is 108 Å². The first-order chi connectivity index (χ1) is 19.1. The van der Waals surface area contributed by atoms with E-state index >= 15 is 0 Å². The molecule has 0 saturated carbocycles. The fourth-order valence-corrected chi connectivity index (χ4v) is 7.57. The van der Waals surface area contributed by atoms with Crippen LogP contribution >= 0.6 is 0 Å². The van der Waals surface area contributed by atoms with Crippen molar-refractivity contribution in [3.8, 4) is 22.3 Å². The Morgan fingerprint density at radius 2 is 1.15 bits per heavy atom. The number of aryl methyl sites for hydroxylation is 4. The summed E-state index contributed by atoms with van der Waals surface area (Å²) in [5, 5.41) is 0. The standard InChI is InChI=1S/C38H40O/c1-26-10-14-32-30(20-26)8-6-4-3-5-7-9-31-23-28(12-16-33(31)32)22-29-13-17-35-34-15-11-27(2)21-36(34)38(37(35)24-29)18-19-39-25-38/h10-17,20-21,23-24H,3-9,18-19,22,25H2,1-2H3. The average molecular weight is 513 g/mol. The van der Waals surface area contributed by atoms with Gasteiger partial charge in [0.25, 0.3) is 0 Å². The van der Waals surface area contributed by atoms with E-state index in [0.29, 0.717) is 0 Å². The number of rotatable bonds is 2. The molecule has 0 aromatic heterocycles. The van der Waals surface area contributed by atoms with Gasteiger partial charge in [0.05, 0.1) is 6.61 Å². The number of ether oxygens (including phenoxy) is 1. The van der Waals surface area contributed by atoms with Crippen molar-refractivity contribution >= 4 is 0 Å². The minimum Gasteiger partial charge on any atom is -0.380 e. The molecule has 198 valence electrons. The number of hydrogen-bond acceptors (Lipinski definition) is 1. The average Bonchev–Trinajstić information content (AvgIpc) is 3.52. The molecule has 4 aromatic rings. The lowest BCUT2D eigenvalue weighted by molar-refractivity contribution is 0.185. The molecule has 0 radical (unpaired) electrons. The quantitative estimate of drug-likeness (QED) is 0.260. The molecular formula is C38H40O. The lowest BCUT2D eigenvalue weighted by Crippen LogP contribution is -2.25. The van der Waals surface area contributed by atoms with E-state index in [0.717, 1.165) is 26.1 Å². The summed E-state index contributed by atoms with van der Waals surface area (Å²) < 4.78 is 6.04. The van der Waals surface area contributed by atoms with Gasteiger partial charge < -0.3 is 4.74 Å². The molecule has 0 N–H and O–H groups in total. The lowest BCUT2D eigenvalue weighted by Gasteiger charge is -2.25. The minimum absolute atomic E-state index is 0.0236. The van der Waals surface area contributed by atoms with Crippen molar-refractivity contribution < 1.29 is 4.74 Å². The summed E-state index contributed by atoms with van der Waals surface area (Å²) in [5.41, 5.74) is 17.3. The third-order valence-electron chi connectivity index (χ3n) is 9.62. The Morgan fingerprint density at radius 3 is 1.87 bits per heavy atom. The Bertz CT molecular complexity index is 1530. The van der Waals surface area contributed by atoms with Crippen molar-refractivity contribution in [1.29, 1.82) is 0 Å². The van der Waals surface area contributed by atoms with Gasteiger partial charge in [0.2, 0.25) is 0 Å². The second-order valence-electron chi connectivity index (χ2n) is 12.4. The smallest absolute Gasteiger partial charge is 0.0605 e. The van der Waals surface area contributed by atoms with Gasteiger partial charge in [0.15, 0.2) is 0 Å². The molecule has 0 amide bonds. The Morgan fingerprint density at radius 1 is 0.590 bits per heavy atom. The first-order valence-corrected chi connectivity index (χ1v) is 15.2. The van der Waals surface area contributed by atoms with Gasteiger partial charge >= 0.3 is 0 Å². The van der Waals surface area contributed by atoms with E-state index in [2.05, 4.69) is 86.6 Å². The lowest BCUT2D eigenvalue weighted by atomic mass is 9.77. The minimum atomic E-state index is 0.0236. The molecule has 1 fully saturated rings. The summed E-state index contributed by atoms with van der Waals surface area (Å²) in [5.74, 6) is 0. The molecule has 1 unspecified atom stereocenters. The Hall–Kier alpha value is -3.16. The molecule has 1 saturated heterocycles. The summed E-state index contributed by atoms with van der Waals surface area (Å²) >= 11 is 0. The molecular weight excluding hydrogens is 472 g/mol. The van der Waals surface area contributed by atoms with Crippen LogP contribution in [-0.4, -0.2) is 13.2 Å². The molecule has 1 spiro atoms. The van der Waals surface area contributed by atoms with E-state index in [1.54, 1.807) is 0 Å². The van der Waals surface area contributed by atoms with Crippen LogP contribution in [0.25, 0.3) is 22.3 Å². The van der Waals surface area contributed by atoms with Crippen LogP contribution in [0.1, 0.15) is 83.0 Å². The molecule has 39 heavy (non-hydrogen) atoms. The van der Waals surface area contributed by atoms with Gasteiger partial charge in [-0.2, -0.15) is 0 Å². The van der Waals surface area contributed by atoms with Gasteiger partial charge in [0.1, 0.15) is 0 Å². The zero-order valence-corrected chi connectivity index (χ0v) is 23.6. The maximum absolute atomic E-state index is 6.04. The predicted molar refractivity (Wildman–Crippen MR) is 163 cm³/mol. The van der Waals surface area contributed by atoms with Crippen LogP contribution in [0, 0.1) is 13.8 Å². The molecule has 2 aliphatic carbocycles. The molecule has 4 aromatic carbocycles. The first-order valence-electron chi connectivity index (χ1n) is 15.2. The van der Waals surface area contributed by atoms with Gasteiger partial charge in [-0.15, -0.1) is 0 Å². The highest BCUT2D eigenvalue weighted by atomic mass is 16.5. The van der Waals surface area contributed by atoms with Crippen LogP contribution in [0.15, 0.2) is 72.8 Å². The summed E-state index contributed by atoms with van der Waals surface area (Å²) in [6.45, 7) is 6.09. The normalized spacial score (nSPS) is 20.2. The van der Waals surface area contributed by atoms with Crippen LogP contribution in [0.4, 0.5) is 0 Å². The molecule has 1 atom stereocenters. The van der Waals surface area contributed by atoms with Crippen LogP contribution in [-0.2, 0) is 29.4 Å². The third kappa shape index (κ3) is 4.45. The number of benzene rings is 4. The second kappa shape index (κ2) is 10.1. The number of fused-ring (bicyclic) bond motifs is 8. The van der Waals surface area contributed by atoms with Crippen LogP contribution in [0.3, 0.4) is 0 Å². The van der Waals surface area contributed by atoms with Crippen molar-refractivity contribution in [3.05, 3.63) is 117 Å². The highest BCUT2D eigenvalue weighted by molar-refractivity contribution is 5.82. The topological polar surface area (TPSA) is 9.23 Å². The van der Waals surface area contributed by atoms with Crippen molar-refractivity contribution in [1.82, 2.24) is 0 Å². The van der Waals surface area contributed by atoms with Gasteiger partial charge in [-0.1, -0.05) is 103 Å². The first kappa shape index (κ1) is 24.9. The van der Waals surface area contributed by atoms with E-state index < -0.39 is 0 Å². The fraction of sp³-hybridized carbons (Fsp3) is 0.368.